The SMILES string of the molecule is C[Si](C)(C)[Si][Si](=[Si]1C([Si](C)(C)C)([Si](C)(C)C)CCC1([Si](C)(C)C)[Si](C)(C)C)[Si](C)(C)C. The zero-order valence-corrected chi connectivity index (χ0v) is 33.9. The third kappa shape index (κ3) is 5.54. The van der Waals surface area contributed by atoms with Gasteiger partial charge in [0.05, 0.1) is 0 Å². The average Bonchev–Trinajstić information content (AvgIpc) is 2.78. The number of rotatable bonds is 7. The summed E-state index contributed by atoms with van der Waals surface area (Å²) in [5.74, 6) is 0. The van der Waals surface area contributed by atoms with Gasteiger partial charge in [0.2, 0.25) is 0 Å². The molecule has 1 rings (SSSR count). The van der Waals surface area contributed by atoms with Gasteiger partial charge in [-0.25, -0.2) is 0 Å². The van der Waals surface area contributed by atoms with E-state index in [9.17, 15) is 0 Å². The second kappa shape index (κ2) is 8.81. The predicted octanol–water partition coefficient (Wildman–Crippen LogP) is 8.29. The summed E-state index contributed by atoms with van der Waals surface area (Å²) in [7, 11) is -6.51. The Morgan fingerprint density at radius 2 is 0.774 bits per heavy atom. The molecular weight excluding hydrogens is 517 g/mol. The zero-order chi connectivity index (χ0) is 25.3. The van der Waals surface area contributed by atoms with E-state index in [1.165, 1.54) is 8.55 Å². The normalized spacial score (nSPS) is 20.9. The van der Waals surface area contributed by atoms with E-state index in [2.05, 4.69) is 118 Å². The lowest BCUT2D eigenvalue weighted by Gasteiger charge is -2.59. The molecule has 0 aromatic carbocycles. The average molecular weight is 575 g/mol. The first kappa shape index (κ1) is 31.0. The second-order valence-electron chi connectivity index (χ2n) is 16.7. The summed E-state index contributed by atoms with van der Waals surface area (Å²) in [6.45, 7) is 50.4. The molecule has 1 fully saturated rings. The molecule has 0 saturated carbocycles. The smallest absolute Gasteiger partial charge is 0.0481 e. The molecule has 1 saturated heterocycles. The van der Waals surface area contributed by atoms with Crippen molar-refractivity contribution in [2.75, 3.05) is 0 Å². The van der Waals surface area contributed by atoms with E-state index in [4.69, 9.17) is 0 Å². The molecule has 0 spiro atoms. The minimum atomic E-state index is -1.32. The van der Waals surface area contributed by atoms with E-state index in [0.717, 1.165) is 8.57 Å². The molecule has 0 aromatic heterocycles. The molecule has 0 N–H and O–H groups in total. The van der Waals surface area contributed by atoms with Crippen molar-refractivity contribution in [3.05, 3.63) is 0 Å². The maximum atomic E-state index is 2.84. The molecule has 0 aromatic rings. The summed E-state index contributed by atoms with van der Waals surface area (Å²) in [6, 6.07) is 0. The lowest BCUT2D eigenvalue weighted by molar-refractivity contribution is 0.763. The highest BCUT2D eigenvalue weighted by molar-refractivity contribution is 7.71. The van der Waals surface area contributed by atoms with Gasteiger partial charge in [0.1, 0.15) is 0 Å². The first-order chi connectivity index (χ1) is 13.2. The predicted molar refractivity (Wildman–Crippen MR) is 172 cm³/mol. The van der Waals surface area contributed by atoms with Gasteiger partial charge in [0.15, 0.2) is 0 Å². The molecule has 31 heavy (non-hydrogen) atoms. The Bertz CT molecular complexity index is 626. The maximum absolute atomic E-state index is 2.84. The van der Waals surface area contributed by atoms with Crippen LogP contribution < -0.4 is 0 Å². The van der Waals surface area contributed by atoms with Crippen molar-refractivity contribution in [2.24, 2.45) is 0 Å². The van der Waals surface area contributed by atoms with Crippen LogP contribution in [0.2, 0.25) is 126 Å². The molecule has 0 aliphatic carbocycles. The first-order valence-corrected chi connectivity index (χ1v) is 41.7. The highest BCUT2D eigenvalue weighted by Gasteiger charge is 2.70. The van der Waals surface area contributed by atoms with E-state index in [0.29, 0.717) is 0 Å². The largest absolute Gasteiger partial charge is 0.0719 e. The minimum absolute atomic E-state index is 0.267. The second-order valence-corrected chi connectivity index (χ2v) is 76.1. The van der Waals surface area contributed by atoms with Crippen LogP contribution in [0.5, 0.6) is 0 Å². The summed E-state index contributed by atoms with van der Waals surface area (Å²) in [4.78, 5) is 0. The summed E-state index contributed by atoms with van der Waals surface area (Å²) >= 11 is 0. The van der Waals surface area contributed by atoms with Crippen LogP contribution in [-0.4, -0.2) is 70.8 Å². The van der Waals surface area contributed by atoms with E-state index in [1.807, 2.05) is 0 Å². The van der Waals surface area contributed by atoms with Gasteiger partial charge in [-0.1, -0.05) is 131 Å². The van der Waals surface area contributed by atoms with Crippen molar-refractivity contribution in [3.63, 3.8) is 0 Å². The highest BCUT2D eigenvalue weighted by Crippen LogP contribution is 2.69. The fraction of sp³-hybridized carbons (Fsp3) is 1.00. The molecule has 2 radical (unpaired) electrons. The van der Waals surface area contributed by atoms with E-state index in [-0.39, 0.29) is 6.93 Å². The zero-order valence-electron chi connectivity index (χ0n) is 24.9. The number of hydrogen-bond donors (Lipinski definition) is 0. The summed E-state index contributed by atoms with van der Waals surface area (Å²) in [5.41, 5.74) is 0. The Hall–Kier alpha value is 1.95. The summed E-state index contributed by atoms with van der Waals surface area (Å²) in [5, 5.41) is 0. The van der Waals surface area contributed by atoms with Crippen molar-refractivity contribution in [1.29, 1.82) is 0 Å². The van der Waals surface area contributed by atoms with Crippen molar-refractivity contribution >= 4 is 70.8 Å². The molecular formula is C22H58Si9. The topological polar surface area (TPSA) is 0 Å². The van der Waals surface area contributed by atoms with Gasteiger partial charge in [-0.2, -0.15) is 0 Å². The molecule has 0 unspecified atom stereocenters. The summed E-state index contributed by atoms with van der Waals surface area (Å²) in [6.07, 6.45) is 3.30. The molecule has 0 bridgehead atoms. The lowest BCUT2D eigenvalue weighted by Crippen LogP contribution is -2.71. The molecule has 1 aliphatic heterocycles. The number of hydrogen-bond acceptors (Lipinski definition) is 0. The van der Waals surface area contributed by atoms with Gasteiger partial charge in [-0.3, -0.25) is 0 Å². The Labute approximate surface area is 209 Å². The van der Waals surface area contributed by atoms with Crippen molar-refractivity contribution < 1.29 is 0 Å². The molecule has 0 nitrogen and oxygen atoms in total. The van der Waals surface area contributed by atoms with Crippen LogP contribution in [0.1, 0.15) is 12.8 Å². The van der Waals surface area contributed by atoms with Gasteiger partial charge in [0, 0.05) is 56.0 Å². The fourth-order valence-electron chi connectivity index (χ4n) is 7.67. The first-order valence-electron chi connectivity index (χ1n) is 12.7. The van der Waals surface area contributed by atoms with Crippen LogP contribution in [0.15, 0.2) is 0 Å². The van der Waals surface area contributed by atoms with Gasteiger partial charge in [-0.05, 0) is 23.4 Å². The minimum Gasteiger partial charge on any atom is -0.0719 e. The molecule has 182 valence electrons. The van der Waals surface area contributed by atoms with Gasteiger partial charge in [-0.15, -0.1) is 0 Å². The van der Waals surface area contributed by atoms with Gasteiger partial charge >= 0.3 is 0 Å². The lowest BCUT2D eigenvalue weighted by atomic mass is 10.4. The monoisotopic (exact) mass is 574 g/mol. The van der Waals surface area contributed by atoms with Crippen LogP contribution in [0.25, 0.3) is 0 Å². The molecule has 0 amide bonds. The Balaban J connectivity index is 4.50. The van der Waals surface area contributed by atoms with Crippen molar-refractivity contribution in [2.45, 2.75) is 139 Å². The van der Waals surface area contributed by atoms with Gasteiger partial charge in [0.25, 0.3) is 0 Å². The van der Waals surface area contributed by atoms with Gasteiger partial charge < -0.3 is 0 Å². The third-order valence-electron chi connectivity index (χ3n) is 8.35. The van der Waals surface area contributed by atoms with E-state index < -0.39 is 55.4 Å². The van der Waals surface area contributed by atoms with Crippen molar-refractivity contribution in [3.8, 4) is 0 Å². The fourth-order valence-corrected chi connectivity index (χ4v) is 145. The van der Waals surface area contributed by atoms with Crippen LogP contribution in [0.3, 0.4) is 0 Å². The summed E-state index contributed by atoms with van der Waals surface area (Å²) < 4.78 is 1.68. The third-order valence-corrected chi connectivity index (χ3v) is 94.1. The van der Waals surface area contributed by atoms with E-state index in [1.54, 1.807) is 12.8 Å². The van der Waals surface area contributed by atoms with E-state index >= 15 is 0 Å². The molecule has 1 aliphatic rings. The van der Waals surface area contributed by atoms with Crippen molar-refractivity contribution in [1.82, 2.24) is 0 Å². The highest BCUT2D eigenvalue weighted by atomic mass is 29.9. The maximum Gasteiger partial charge on any atom is 0.0481 e. The van der Waals surface area contributed by atoms with Crippen LogP contribution >= 0.6 is 0 Å². The Kier molecular flexibility index (Phi) is 8.80. The molecule has 9 heteroatoms. The molecule has 1 heterocycles. The molecule has 0 atom stereocenters. The Morgan fingerprint density at radius 3 is 0.935 bits per heavy atom. The van der Waals surface area contributed by atoms with Crippen LogP contribution in [0, 0.1) is 0 Å². The standard InChI is InChI=1S/C22H58Si9/c1-26(2,3)21(27(4,5)6)19-20-22(28(7,8)9,29(10,11)12)24(21)25(31(16,17)18)23-30(13,14)15/h19-20H2,1-18H3. The Morgan fingerprint density at radius 1 is 0.516 bits per heavy atom. The van der Waals surface area contributed by atoms with Crippen LogP contribution in [0.4, 0.5) is 0 Å². The quantitative estimate of drug-likeness (QED) is 0.268. The van der Waals surface area contributed by atoms with Crippen LogP contribution in [-0.2, 0) is 0 Å².